The summed E-state index contributed by atoms with van der Waals surface area (Å²) in [5.74, 6) is -0.0488. The third kappa shape index (κ3) is 60.5. The number of hydrogen-bond donors (Lipinski definition) is 3. The Kier molecular flexibility index (Phi) is 56.0. The van der Waals surface area contributed by atoms with E-state index in [4.69, 9.17) is 37.0 Å². The summed E-state index contributed by atoms with van der Waals surface area (Å²) in [6.45, 7) is 11.6. The summed E-state index contributed by atoms with van der Waals surface area (Å²) < 4.78 is 68.0. The molecule has 506 valence electrons. The minimum Gasteiger partial charge on any atom is -0.462 e. The molecule has 0 rings (SSSR count). The van der Waals surface area contributed by atoms with Crippen molar-refractivity contribution in [2.75, 3.05) is 39.6 Å². The number of rotatable bonds is 63. The molecule has 17 nitrogen and oxygen atoms in total. The van der Waals surface area contributed by atoms with Gasteiger partial charge in [-0.1, -0.05) is 253 Å². The summed E-state index contributed by atoms with van der Waals surface area (Å²) in [5, 5.41) is 10.5. The van der Waals surface area contributed by atoms with Crippen LogP contribution in [0.15, 0.2) is 24.3 Å². The van der Waals surface area contributed by atoms with Crippen LogP contribution in [0.2, 0.25) is 0 Å². The molecule has 86 heavy (non-hydrogen) atoms. The van der Waals surface area contributed by atoms with Crippen LogP contribution in [0.3, 0.4) is 0 Å². The molecule has 0 aliphatic rings. The molecule has 2 unspecified atom stereocenters. The first-order valence-corrected chi connectivity index (χ1v) is 37.2. The van der Waals surface area contributed by atoms with Crippen molar-refractivity contribution < 1.29 is 80.2 Å². The molecular formula is C67H126O17P2. The number of ether oxygens (including phenoxy) is 4. The maximum Gasteiger partial charge on any atom is 0.472 e. The van der Waals surface area contributed by atoms with E-state index in [-0.39, 0.29) is 25.7 Å². The molecule has 3 N–H and O–H groups in total. The van der Waals surface area contributed by atoms with Crippen LogP contribution < -0.4 is 0 Å². The molecule has 0 amide bonds. The van der Waals surface area contributed by atoms with Crippen molar-refractivity contribution in [1.29, 1.82) is 0 Å². The van der Waals surface area contributed by atoms with E-state index in [1.807, 2.05) is 0 Å². The van der Waals surface area contributed by atoms with Crippen molar-refractivity contribution in [3.63, 3.8) is 0 Å². The Bertz CT molecular complexity index is 1790. The second-order valence-electron chi connectivity index (χ2n) is 25.0. The minimum atomic E-state index is -4.96. The zero-order valence-electron chi connectivity index (χ0n) is 55.3. The topological polar surface area (TPSA) is 237 Å². The quantitative estimate of drug-likeness (QED) is 0.0169. The average molecular weight is 1270 g/mol. The molecule has 0 spiro atoms. The van der Waals surface area contributed by atoms with Gasteiger partial charge in [0.15, 0.2) is 12.2 Å². The summed E-state index contributed by atoms with van der Waals surface area (Å²) >= 11 is 0. The number of carbonyl (C=O) groups excluding carboxylic acids is 4. The van der Waals surface area contributed by atoms with Gasteiger partial charge in [-0.25, -0.2) is 9.13 Å². The van der Waals surface area contributed by atoms with Crippen LogP contribution in [0.25, 0.3) is 0 Å². The van der Waals surface area contributed by atoms with Gasteiger partial charge in [0.2, 0.25) is 0 Å². The lowest BCUT2D eigenvalue weighted by Gasteiger charge is -2.21. The monoisotopic (exact) mass is 1260 g/mol. The molecule has 0 saturated heterocycles. The Hall–Kier alpha value is -2.46. The van der Waals surface area contributed by atoms with Gasteiger partial charge in [0.25, 0.3) is 0 Å². The van der Waals surface area contributed by atoms with Crippen LogP contribution in [-0.4, -0.2) is 96.7 Å². The van der Waals surface area contributed by atoms with Gasteiger partial charge >= 0.3 is 39.5 Å². The SMILES string of the molecule is CCCCCC/C=C\C=C/CCCCCCCC(=O)O[C@H](COC(=O)CCCCCCCCC(C)C)COP(=O)(O)OC[C@H](O)COP(=O)(O)OC[C@@H](COC(=O)CCCCCCCCCCC(C)C)OC(=O)CCCCCCCCCCC(C)C. The summed E-state index contributed by atoms with van der Waals surface area (Å²) in [5.41, 5.74) is 0. The number of phosphoric acid groups is 2. The molecule has 0 radical (unpaired) electrons. The van der Waals surface area contributed by atoms with E-state index in [0.717, 1.165) is 115 Å². The lowest BCUT2D eigenvalue weighted by atomic mass is 10.0. The van der Waals surface area contributed by atoms with E-state index >= 15 is 0 Å². The summed E-state index contributed by atoms with van der Waals surface area (Å²) in [4.78, 5) is 72.3. The first-order chi connectivity index (χ1) is 41.2. The molecule has 0 aromatic heterocycles. The average Bonchev–Trinajstić information content (AvgIpc) is 3.59. The highest BCUT2D eigenvalue weighted by Gasteiger charge is 2.30. The standard InChI is InChI=1S/C67H126O17P2/c1-8-9-10-11-12-13-14-15-16-17-18-19-27-36-43-50-66(71)83-63(55-78-65(70)49-42-35-30-29-33-40-47-60(6)7)57-82-86(75,76)80-53-61(68)52-79-85(73,74)81-56-62(84-67(72)51-44-37-28-23-21-25-32-39-46-59(4)5)54-77-64(69)48-41-34-26-22-20-24-31-38-45-58(2)3/h13-16,58-63,68H,8-12,17-57H2,1-7H3,(H,73,74)(H,75,76)/b14-13-,16-15-/t61-,62-,63-/m1/s1. The van der Waals surface area contributed by atoms with Gasteiger partial charge in [0.05, 0.1) is 26.4 Å². The smallest absolute Gasteiger partial charge is 0.462 e. The maximum atomic E-state index is 13.0. The lowest BCUT2D eigenvalue weighted by molar-refractivity contribution is -0.161. The first kappa shape index (κ1) is 83.5. The van der Waals surface area contributed by atoms with E-state index in [1.54, 1.807) is 0 Å². The highest BCUT2D eigenvalue weighted by Crippen LogP contribution is 2.45. The second kappa shape index (κ2) is 57.7. The number of aliphatic hydroxyl groups excluding tert-OH is 1. The molecule has 0 fully saturated rings. The second-order valence-corrected chi connectivity index (χ2v) is 27.9. The van der Waals surface area contributed by atoms with E-state index < -0.39 is 97.5 Å². The molecule has 0 aromatic rings. The number of unbranched alkanes of at least 4 members (excludes halogenated alkanes) is 28. The number of carbonyl (C=O) groups is 4. The van der Waals surface area contributed by atoms with Gasteiger partial charge in [0, 0.05) is 25.7 Å². The van der Waals surface area contributed by atoms with Crippen LogP contribution in [0.4, 0.5) is 0 Å². The molecule has 0 aromatic carbocycles. The largest absolute Gasteiger partial charge is 0.472 e. The Morgan fingerprint density at radius 3 is 0.942 bits per heavy atom. The van der Waals surface area contributed by atoms with Crippen molar-refractivity contribution in [1.82, 2.24) is 0 Å². The van der Waals surface area contributed by atoms with Crippen LogP contribution in [-0.2, 0) is 65.4 Å². The van der Waals surface area contributed by atoms with Crippen molar-refractivity contribution in [3.8, 4) is 0 Å². The number of aliphatic hydroxyl groups is 1. The van der Waals surface area contributed by atoms with E-state index in [2.05, 4.69) is 72.8 Å². The van der Waals surface area contributed by atoms with E-state index in [1.165, 1.54) is 96.3 Å². The molecule has 0 aliphatic heterocycles. The molecule has 0 heterocycles. The minimum absolute atomic E-state index is 0.0833. The van der Waals surface area contributed by atoms with Gasteiger partial charge < -0.3 is 33.8 Å². The zero-order chi connectivity index (χ0) is 63.8. The van der Waals surface area contributed by atoms with E-state index in [0.29, 0.717) is 37.5 Å². The third-order valence-electron chi connectivity index (χ3n) is 14.8. The van der Waals surface area contributed by atoms with Gasteiger partial charge in [-0.3, -0.25) is 37.3 Å². The number of phosphoric ester groups is 2. The highest BCUT2D eigenvalue weighted by atomic mass is 31.2. The van der Waals surface area contributed by atoms with Gasteiger partial charge in [-0.05, 0) is 69.1 Å². The Morgan fingerprint density at radius 2 is 0.628 bits per heavy atom. The van der Waals surface area contributed by atoms with Crippen LogP contribution in [0.5, 0.6) is 0 Å². The molecule has 0 bridgehead atoms. The Balaban J connectivity index is 5.28. The summed E-state index contributed by atoms with van der Waals surface area (Å²) in [6.07, 6.45) is 42.8. The van der Waals surface area contributed by atoms with Crippen molar-refractivity contribution >= 4 is 39.5 Å². The molecule has 19 heteroatoms. The fourth-order valence-corrected chi connectivity index (χ4v) is 11.0. The number of esters is 4. The molecule has 0 aliphatic carbocycles. The molecular weight excluding hydrogens is 1140 g/mol. The molecule has 5 atom stereocenters. The number of allylic oxidation sites excluding steroid dienone is 4. The van der Waals surface area contributed by atoms with Crippen LogP contribution in [0.1, 0.15) is 305 Å². The summed E-state index contributed by atoms with van der Waals surface area (Å²) in [7, 11) is -9.91. The van der Waals surface area contributed by atoms with Crippen molar-refractivity contribution in [2.45, 2.75) is 324 Å². The lowest BCUT2D eigenvalue weighted by Crippen LogP contribution is -2.30. The first-order valence-electron chi connectivity index (χ1n) is 34.2. The van der Waals surface area contributed by atoms with E-state index in [9.17, 15) is 43.2 Å². The zero-order valence-corrected chi connectivity index (χ0v) is 57.0. The predicted molar refractivity (Wildman–Crippen MR) is 344 cm³/mol. The Labute approximate surface area is 522 Å². The highest BCUT2D eigenvalue weighted by molar-refractivity contribution is 7.47. The fourth-order valence-electron chi connectivity index (χ4n) is 9.47. The normalized spacial score (nSPS) is 14.5. The van der Waals surface area contributed by atoms with Gasteiger partial charge in [-0.15, -0.1) is 0 Å². The predicted octanol–water partition coefficient (Wildman–Crippen LogP) is 18.2. The third-order valence-corrected chi connectivity index (χ3v) is 16.7. The van der Waals surface area contributed by atoms with Crippen molar-refractivity contribution in [3.05, 3.63) is 24.3 Å². The van der Waals surface area contributed by atoms with Gasteiger partial charge in [-0.2, -0.15) is 0 Å². The van der Waals surface area contributed by atoms with Crippen LogP contribution >= 0.6 is 15.6 Å². The van der Waals surface area contributed by atoms with Gasteiger partial charge in [0.1, 0.15) is 19.3 Å². The molecule has 0 saturated carbocycles. The maximum absolute atomic E-state index is 13.0. The van der Waals surface area contributed by atoms with Crippen molar-refractivity contribution in [2.24, 2.45) is 17.8 Å². The fraction of sp³-hybridized carbons (Fsp3) is 0.881. The van der Waals surface area contributed by atoms with Crippen LogP contribution in [0, 0.1) is 17.8 Å². The Morgan fingerprint density at radius 1 is 0.360 bits per heavy atom. The number of hydrogen-bond acceptors (Lipinski definition) is 15. The summed E-state index contributed by atoms with van der Waals surface area (Å²) in [6, 6.07) is 0.